The lowest BCUT2D eigenvalue weighted by atomic mass is 9.68. The van der Waals surface area contributed by atoms with E-state index in [1.54, 1.807) is 0 Å². The van der Waals surface area contributed by atoms with Crippen LogP contribution in [0.25, 0.3) is 0 Å². The average Bonchev–Trinajstić information content (AvgIpc) is 2.69. The standard InChI is InChI=1S/C25H42O3/c1-5-6-7-8-9-13-18-28-23-16-17-25(2,3)24(26-4)22(23)20-27-19-21-14-11-10-12-15-21/h10-12,14-15,22-24H,5-9,13,16-20H2,1-4H3/t22-,23-,24-/m1/s1. The lowest BCUT2D eigenvalue weighted by Gasteiger charge is -2.46. The smallest absolute Gasteiger partial charge is 0.0717 e. The van der Waals surface area contributed by atoms with Gasteiger partial charge in [-0.3, -0.25) is 0 Å². The molecule has 1 aliphatic rings. The fourth-order valence-electron chi connectivity index (χ4n) is 4.54. The number of ether oxygens (including phenoxy) is 3. The Labute approximate surface area is 173 Å². The highest BCUT2D eigenvalue weighted by Crippen LogP contribution is 2.42. The second-order valence-electron chi connectivity index (χ2n) is 9.03. The number of hydrogen-bond acceptors (Lipinski definition) is 3. The van der Waals surface area contributed by atoms with Crippen molar-refractivity contribution in [2.45, 2.75) is 91.0 Å². The summed E-state index contributed by atoms with van der Waals surface area (Å²) in [4.78, 5) is 0. The van der Waals surface area contributed by atoms with E-state index < -0.39 is 0 Å². The minimum absolute atomic E-state index is 0.162. The highest BCUT2D eigenvalue weighted by atomic mass is 16.5. The third-order valence-corrected chi connectivity index (χ3v) is 6.22. The van der Waals surface area contributed by atoms with Crippen molar-refractivity contribution >= 4 is 0 Å². The second kappa shape index (κ2) is 12.6. The van der Waals surface area contributed by atoms with Gasteiger partial charge in [0.05, 0.1) is 25.4 Å². The van der Waals surface area contributed by atoms with Crippen molar-refractivity contribution in [1.29, 1.82) is 0 Å². The molecule has 0 unspecified atom stereocenters. The Morgan fingerprint density at radius 3 is 2.43 bits per heavy atom. The van der Waals surface area contributed by atoms with Gasteiger partial charge >= 0.3 is 0 Å². The molecular formula is C25H42O3. The van der Waals surface area contributed by atoms with Gasteiger partial charge in [0.1, 0.15) is 0 Å². The molecule has 0 aromatic heterocycles. The summed E-state index contributed by atoms with van der Waals surface area (Å²) in [6.45, 7) is 9.10. The zero-order valence-corrected chi connectivity index (χ0v) is 18.6. The van der Waals surface area contributed by atoms with Gasteiger partial charge in [-0.1, -0.05) is 83.2 Å². The van der Waals surface area contributed by atoms with Crippen molar-refractivity contribution in [3.8, 4) is 0 Å². The fourth-order valence-corrected chi connectivity index (χ4v) is 4.54. The number of benzene rings is 1. The summed E-state index contributed by atoms with van der Waals surface area (Å²) in [5.74, 6) is 0.289. The molecule has 0 N–H and O–H groups in total. The first-order chi connectivity index (χ1) is 13.6. The summed E-state index contributed by atoms with van der Waals surface area (Å²) in [5, 5.41) is 0. The Balaban J connectivity index is 1.84. The molecule has 0 amide bonds. The van der Waals surface area contributed by atoms with Crippen LogP contribution in [0.5, 0.6) is 0 Å². The van der Waals surface area contributed by atoms with Crippen LogP contribution in [0.3, 0.4) is 0 Å². The fraction of sp³-hybridized carbons (Fsp3) is 0.760. The molecule has 3 nitrogen and oxygen atoms in total. The van der Waals surface area contributed by atoms with Gasteiger partial charge in [0.25, 0.3) is 0 Å². The molecule has 1 aliphatic carbocycles. The molecule has 0 saturated heterocycles. The molecule has 0 heterocycles. The highest BCUT2D eigenvalue weighted by Gasteiger charge is 2.44. The van der Waals surface area contributed by atoms with E-state index in [9.17, 15) is 0 Å². The van der Waals surface area contributed by atoms with E-state index in [2.05, 4.69) is 45.0 Å². The van der Waals surface area contributed by atoms with Crippen LogP contribution in [0, 0.1) is 11.3 Å². The van der Waals surface area contributed by atoms with Gasteiger partial charge in [-0.25, -0.2) is 0 Å². The number of methoxy groups -OCH3 is 1. The Kier molecular flexibility index (Phi) is 10.5. The lowest BCUT2D eigenvalue weighted by molar-refractivity contribution is -0.151. The zero-order valence-electron chi connectivity index (χ0n) is 18.6. The van der Waals surface area contributed by atoms with Crippen molar-refractivity contribution in [1.82, 2.24) is 0 Å². The van der Waals surface area contributed by atoms with Crippen LogP contribution >= 0.6 is 0 Å². The molecule has 3 atom stereocenters. The Hall–Kier alpha value is -0.900. The molecule has 1 aromatic carbocycles. The van der Waals surface area contributed by atoms with Crippen LogP contribution in [0.1, 0.15) is 77.7 Å². The van der Waals surface area contributed by atoms with Gasteiger partial charge in [0.2, 0.25) is 0 Å². The molecule has 28 heavy (non-hydrogen) atoms. The van der Waals surface area contributed by atoms with E-state index >= 15 is 0 Å². The van der Waals surface area contributed by atoms with E-state index in [0.29, 0.717) is 13.2 Å². The van der Waals surface area contributed by atoms with E-state index in [4.69, 9.17) is 14.2 Å². The van der Waals surface area contributed by atoms with Gasteiger partial charge in [0.15, 0.2) is 0 Å². The van der Waals surface area contributed by atoms with Gasteiger partial charge in [0, 0.05) is 19.6 Å². The topological polar surface area (TPSA) is 27.7 Å². The summed E-state index contributed by atoms with van der Waals surface area (Å²) in [7, 11) is 1.84. The zero-order chi connectivity index (χ0) is 20.2. The van der Waals surface area contributed by atoms with Crippen molar-refractivity contribution in [2.75, 3.05) is 20.3 Å². The van der Waals surface area contributed by atoms with Crippen molar-refractivity contribution in [2.24, 2.45) is 11.3 Å². The van der Waals surface area contributed by atoms with Gasteiger partial charge in [-0.15, -0.1) is 0 Å². The molecule has 160 valence electrons. The maximum Gasteiger partial charge on any atom is 0.0717 e. The summed E-state index contributed by atoms with van der Waals surface area (Å²) < 4.78 is 18.5. The molecule has 1 fully saturated rings. The molecule has 0 radical (unpaired) electrons. The Morgan fingerprint density at radius 2 is 1.71 bits per heavy atom. The molecule has 0 spiro atoms. The first-order valence-electron chi connectivity index (χ1n) is 11.3. The molecule has 0 bridgehead atoms. The van der Waals surface area contributed by atoms with Gasteiger partial charge in [-0.2, -0.15) is 0 Å². The molecule has 0 aliphatic heterocycles. The molecule has 3 heteroatoms. The van der Waals surface area contributed by atoms with Gasteiger partial charge < -0.3 is 14.2 Å². The predicted octanol–water partition coefficient (Wildman–Crippen LogP) is 6.40. The van der Waals surface area contributed by atoms with E-state index in [-0.39, 0.29) is 23.5 Å². The molecular weight excluding hydrogens is 348 g/mol. The summed E-state index contributed by atoms with van der Waals surface area (Å²) in [5.41, 5.74) is 1.38. The van der Waals surface area contributed by atoms with Crippen LogP contribution in [0.15, 0.2) is 30.3 Å². The van der Waals surface area contributed by atoms with Crippen LogP contribution in [-0.4, -0.2) is 32.5 Å². The first kappa shape index (κ1) is 23.4. The molecule has 2 rings (SSSR count). The first-order valence-corrected chi connectivity index (χ1v) is 11.3. The maximum atomic E-state index is 6.37. The third kappa shape index (κ3) is 7.50. The van der Waals surface area contributed by atoms with E-state index in [1.165, 1.54) is 44.1 Å². The van der Waals surface area contributed by atoms with E-state index in [1.807, 2.05) is 13.2 Å². The Bertz CT molecular complexity index is 514. The van der Waals surface area contributed by atoms with Crippen molar-refractivity contribution in [3.63, 3.8) is 0 Å². The largest absolute Gasteiger partial charge is 0.380 e. The minimum Gasteiger partial charge on any atom is -0.380 e. The third-order valence-electron chi connectivity index (χ3n) is 6.22. The predicted molar refractivity (Wildman–Crippen MR) is 117 cm³/mol. The van der Waals surface area contributed by atoms with Crippen LogP contribution in [0.4, 0.5) is 0 Å². The highest BCUT2D eigenvalue weighted by molar-refractivity contribution is 5.13. The van der Waals surface area contributed by atoms with Crippen molar-refractivity contribution in [3.05, 3.63) is 35.9 Å². The summed E-state index contributed by atoms with van der Waals surface area (Å²) in [6.07, 6.45) is 10.4. The van der Waals surface area contributed by atoms with E-state index in [0.717, 1.165) is 19.4 Å². The average molecular weight is 391 g/mol. The quantitative estimate of drug-likeness (QED) is 0.365. The number of rotatable bonds is 13. The maximum absolute atomic E-state index is 6.37. The summed E-state index contributed by atoms with van der Waals surface area (Å²) in [6, 6.07) is 10.4. The van der Waals surface area contributed by atoms with Crippen LogP contribution in [0.2, 0.25) is 0 Å². The van der Waals surface area contributed by atoms with Crippen LogP contribution in [-0.2, 0) is 20.8 Å². The lowest BCUT2D eigenvalue weighted by Crippen LogP contribution is -2.50. The van der Waals surface area contributed by atoms with Gasteiger partial charge in [-0.05, 0) is 30.2 Å². The molecule has 1 saturated carbocycles. The normalized spacial score (nSPS) is 24.4. The molecule has 1 aromatic rings. The number of hydrogen-bond donors (Lipinski definition) is 0. The number of unbranched alkanes of at least 4 members (excludes halogenated alkanes) is 5. The SMILES string of the molecule is CCCCCCCCO[C@@H]1CCC(C)(C)[C@H](OC)[C@@H]1COCc1ccccc1. The van der Waals surface area contributed by atoms with Crippen LogP contribution < -0.4 is 0 Å². The summed E-state index contributed by atoms with van der Waals surface area (Å²) >= 11 is 0. The van der Waals surface area contributed by atoms with Crippen molar-refractivity contribution < 1.29 is 14.2 Å². The monoisotopic (exact) mass is 390 g/mol. The Morgan fingerprint density at radius 1 is 1.00 bits per heavy atom. The minimum atomic E-state index is 0.162. The second-order valence-corrected chi connectivity index (χ2v) is 9.03.